The fourth-order valence-corrected chi connectivity index (χ4v) is 5.19. The molecule has 1 aromatic heterocycles. The van der Waals surface area contributed by atoms with E-state index in [0.717, 1.165) is 27.7 Å². The number of aromatic nitrogens is 1. The fourth-order valence-electron chi connectivity index (χ4n) is 5.19. The summed E-state index contributed by atoms with van der Waals surface area (Å²) in [6, 6.07) is 25.2. The average Bonchev–Trinajstić information content (AvgIpc) is 3.18. The third kappa shape index (κ3) is 3.81. The monoisotopic (exact) mass is 465 g/mol. The van der Waals surface area contributed by atoms with Gasteiger partial charge in [0.2, 0.25) is 11.8 Å². The van der Waals surface area contributed by atoms with Crippen molar-refractivity contribution >= 4 is 34.3 Å². The minimum absolute atomic E-state index is 0.195. The summed E-state index contributed by atoms with van der Waals surface area (Å²) in [7, 11) is 1.97. The van der Waals surface area contributed by atoms with Gasteiger partial charge in [0, 0.05) is 30.1 Å². The van der Waals surface area contributed by atoms with E-state index in [1.54, 1.807) is 0 Å². The fraction of sp³-hybridized carbons (Fsp3) is 0.207. The van der Waals surface area contributed by atoms with Crippen molar-refractivity contribution in [3.05, 3.63) is 90.0 Å². The van der Waals surface area contributed by atoms with Crippen molar-refractivity contribution in [1.82, 2.24) is 9.88 Å². The number of nitrogens with zero attached hydrogens (tertiary/aromatic N) is 1. The molecule has 1 unspecified atom stereocenters. The summed E-state index contributed by atoms with van der Waals surface area (Å²) in [5.74, 6) is -0.678. The number of rotatable bonds is 5. The predicted octanol–water partition coefficient (Wildman–Crippen LogP) is 5.18. The third-order valence-electron chi connectivity index (χ3n) is 7.15. The first kappa shape index (κ1) is 22.6. The number of nitrogens with one attached hydrogen (secondary N) is 2. The molecule has 0 bridgehead atoms. The topological polar surface area (TPSA) is 80.2 Å². The lowest BCUT2D eigenvalue weighted by Crippen LogP contribution is -2.51. The molecule has 0 radical (unpaired) electrons. The van der Waals surface area contributed by atoms with Gasteiger partial charge in [-0.2, -0.15) is 0 Å². The molecule has 2 heterocycles. The Hall–Kier alpha value is -4.19. The van der Waals surface area contributed by atoms with Gasteiger partial charge in [-0.05, 0) is 42.2 Å². The van der Waals surface area contributed by atoms with E-state index in [1.807, 2.05) is 92.8 Å². The molecule has 1 aliphatic rings. The van der Waals surface area contributed by atoms with E-state index in [9.17, 15) is 14.4 Å². The van der Waals surface area contributed by atoms with E-state index in [1.165, 1.54) is 0 Å². The summed E-state index contributed by atoms with van der Waals surface area (Å²) >= 11 is 0. The second-order valence-electron chi connectivity index (χ2n) is 9.01. The van der Waals surface area contributed by atoms with Crippen LogP contribution < -0.4 is 10.6 Å². The Bertz CT molecular complexity index is 1440. The molecule has 1 saturated heterocycles. The number of fused-ring (bicyclic) bond motifs is 1. The minimum Gasteiger partial charge on any atom is -0.343 e. The van der Waals surface area contributed by atoms with Crippen molar-refractivity contribution in [3.8, 4) is 11.3 Å². The molecule has 5 rings (SSSR count). The van der Waals surface area contributed by atoms with Gasteiger partial charge in [0.25, 0.3) is 5.91 Å². The number of para-hydroxylation sites is 1. The van der Waals surface area contributed by atoms with Crippen LogP contribution in [0.15, 0.2) is 78.9 Å². The standard InChI is InChI=1S/C29H27N3O3/c1-3-29(18-17-24(33)31-28(29)35)20-13-15-21(16-14-20)30-27(34)25-22-11-7-8-12-23(22)32(2)26(25)19-9-5-4-6-10-19/h4-16H,3,17-18H2,1-2H3,(H,30,34)(H,31,33,35). The Morgan fingerprint density at radius 1 is 0.971 bits per heavy atom. The van der Waals surface area contributed by atoms with E-state index in [0.29, 0.717) is 30.5 Å². The Morgan fingerprint density at radius 3 is 2.34 bits per heavy atom. The van der Waals surface area contributed by atoms with Crippen LogP contribution >= 0.6 is 0 Å². The first-order valence-electron chi connectivity index (χ1n) is 11.8. The zero-order valence-electron chi connectivity index (χ0n) is 19.8. The summed E-state index contributed by atoms with van der Waals surface area (Å²) in [6.07, 6.45) is 1.39. The summed E-state index contributed by atoms with van der Waals surface area (Å²) < 4.78 is 2.05. The van der Waals surface area contributed by atoms with Gasteiger partial charge >= 0.3 is 0 Å². The number of hydrogen-bond donors (Lipinski definition) is 2. The van der Waals surface area contributed by atoms with Gasteiger partial charge in [0.15, 0.2) is 0 Å². The molecule has 0 aliphatic carbocycles. The predicted molar refractivity (Wildman–Crippen MR) is 137 cm³/mol. The first-order chi connectivity index (χ1) is 16.9. The van der Waals surface area contributed by atoms with Gasteiger partial charge < -0.3 is 9.88 Å². The second kappa shape index (κ2) is 8.87. The highest BCUT2D eigenvalue weighted by Gasteiger charge is 2.42. The molecule has 0 saturated carbocycles. The quantitative estimate of drug-likeness (QED) is 0.399. The number of imide groups is 1. The van der Waals surface area contributed by atoms with Crippen molar-refractivity contribution in [2.24, 2.45) is 7.05 Å². The molecule has 176 valence electrons. The molecule has 3 aromatic carbocycles. The van der Waals surface area contributed by atoms with Crippen LogP contribution in [-0.2, 0) is 22.1 Å². The van der Waals surface area contributed by atoms with Crippen LogP contribution in [0.25, 0.3) is 22.2 Å². The molecule has 3 amide bonds. The Balaban J connectivity index is 1.49. The molecule has 35 heavy (non-hydrogen) atoms. The van der Waals surface area contributed by atoms with Gasteiger partial charge in [-0.3, -0.25) is 19.7 Å². The highest BCUT2D eigenvalue weighted by Crippen LogP contribution is 2.37. The Kier molecular flexibility index (Phi) is 5.73. The van der Waals surface area contributed by atoms with Crippen molar-refractivity contribution in [2.45, 2.75) is 31.6 Å². The molecule has 0 spiro atoms. The van der Waals surface area contributed by atoms with E-state index < -0.39 is 5.41 Å². The van der Waals surface area contributed by atoms with Crippen LogP contribution in [0.2, 0.25) is 0 Å². The lowest BCUT2D eigenvalue weighted by Gasteiger charge is -2.35. The summed E-state index contributed by atoms with van der Waals surface area (Å²) in [4.78, 5) is 38.0. The highest BCUT2D eigenvalue weighted by molar-refractivity contribution is 6.17. The summed E-state index contributed by atoms with van der Waals surface area (Å²) in [5.41, 5.74) is 4.18. The van der Waals surface area contributed by atoms with E-state index >= 15 is 0 Å². The number of aryl methyl sites for hydroxylation is 1. The summed E-state index contributed by atoms with van der Waals surface area (Å²) in [6.45, 7) is 1.96. The lowest BCUT2D eigenvalue weighted by atomic mass is 9.72. The third-order valence-corrected chi connectivity index (χ3v) is 7.15. The van der Waals surface area contributed by atoms with Gasteiger partial charge in [-0.15, -0.1) is 0 Å². The smallest absolute Gasteiger partial charge is 0.258 e. The number of carbonyl (C=O) groups is 3. The molecule has 4 aromatic rings. The molecular formula is C29H27N3O3. The van der Waals surface area contributed by atoms with E-state index in [4.69, 9.17) is 0 Å². The molecule has 1 aliphatic heterocycles. The molecule has 6 nitrogen and oxygen atoms in total. The molecule has 6 heteroatoms. The highest BCUT2D eigenvalue weighted by atomic mass is 16.2. The maximum atomic E-state index is 13.6. The van der Waals surface area contributed by atoms with Crippen LogP contribution in [0.5, 0.6) is 0 Å². The van der Waals surface area contributed by atoms with Crippen molar-refractivity contribution < 1.29 is 14.4 Å². The Morgan fingerprint density at radius 2 is 1.66 bits per heavy atom. The molecular weight excluding hydrogens is 438 g/mol. The number of amides is 3. The SMILES string of the molecule is CCC1(c2ccc(NC(=O)c3c(-c4ccccc4)n(C)c4ccccc34)cc2)CCC(=O)NC1=O. The van der Waals surface area contributed by atoms with Crippen molar-refractivity contribution in [2.75, 3.05) is 5.32 Å². The number of benzene rings is 3. The zero-order valence-corrected chi connectivity index (χ0v) is 19.8. The molecule has 2 N–H and O–H groups in total. The number of anilines is 1. The minimum atomic E-state index is -0.730. The zero-order chi connectivity index (χ0) is 24.6. The van der Waals surface area contributed by atoms with Crippen LogP contribution in [-0.4, -0.2) is 22.3 Å². The van der Waals surface area contributed by atoms with Gasteiger partial charge in [-0.1, -0.05) is 67.6 Å². The first-order valence-corrected chi connectivity index (χ1v) is 11.8. The maximum Gasteiger partial charge on any atom is 0.258 e. The largest absolute Gasteiger partial charge is 0.343 e. The molecule has 1 atom stereocenters. The van der Waals surface area contributed by atoms with Gasteiger partial charge in [0.1, 0.15) is 0 Å². The number of hydrogen-bond acceptors (Lipinski definition) is 3. The van der Waals surface area contributed by atoms with Crippen LogP contribution in [0.3, 0.4) is 0 Å². The second-order valence-corrected chi connectivity index (χ2v) is 9.01. The Labute approximate surface area is 204 Å². The van der Waals surface area contributed by atoms with E-state index in [-0.39, 0.29) is 17.7 Å². The van der Waals surface area contributed by atoms with E-state index in [2.05, 4.69) is 15.2 Å². The number of carbonyl (C=O) groups excluding carboxylic acids is 3. The number of piperidine rings is 1. The van der Waals surface area contributed by atoms with Gasteiger partial charge in [0.05, 0.1) is 16.7 Å². The van der Waals surface area contributed by atoms with Crippen molar-refractivity contribution in [3.63, 3.8) is 0 Å². The summed E-state index contributed by atoms with van der Waals surface area (Å²) in [5, 5.41) is 6.41. The van der Waals surface area contributed by atoms with Crippen LogP contribution in [0, 0.1) is 0 Å². The maximum absolute atomic E-state index is 13.6. The van der Waals surface area contributed by atoms with Crippen LogP contribution in [0.1, 0.15) is 42.1 Å². The van der Waals surface area contributed by atoms with Gasteiger partial charge in [-0.25, -0.2) is 0 Å². The molecule has 1 fully saturated rings. The lowest BCUT2D eigenvalue weighted by molar-refractivity contribution is -0.138. The van der Waals surface area contributed by atoms with Crippen LogP contribution in [0.4, 0.5) is 5.69 Å². The average molecular weight is 466 g/mol. The normalized spacial score (nSPS) is 17.9. The van der Waals surface area contributed by atoms with Crippen molar-refractivity contribution in [1.29, 1.82) is 0 Å².